The molecule has 0 saturated heterocycles. The Kier molecular flexibility index (Phi) is 3.43. The maximum absolute atomic E-state index is 5.94. The van der Waals surface area contributed by atoms with Crippen LogP contribution in [0, 0.1) is 6.92 Å². The summed E-state index contributed by atoms with van der Waals surface area (Å²) in [5, 5.41) is 0. The first-order chi connectivity index (χ1) is 8.11. The number of nitrogens with two attached hydrogens (primary N) is 1. The number of hydrogen-bond acceptors (Lipinski definition) is 3. The molecule has 0 atom stereocenters. The lowest BCUT2D eigenvalue weighted by Crippen LogP contribution is -2.04. The summed E-state index contributed by atoms with van der Waals surface area (Å²) in [6.07, 6.45) is 0.859. The Balaban J connectivity index is 2.50. The number of aryl methyl sites for hydroxylation is 1. The van der Waals surface area contributed by atoms with E-state index in [1.165, 1.54) is 0 Å². The van der Waals surface area contributed by atoms with Crippen LogP contribution >= 0.6 is 15.9 Å². The molecule has 0 unspecified atom stereocenters. The van der Waals surface area contributed by atoms with E-state index in [4.69, 9.17) is 5.73 Å². The number of rotatable bonds is 2. The zero-order valence-corrected chi connectivity index (χ0v) is 11.5. The van der Waals surface area contributed by atoms with Crippen LogP contribution < -0.4 is 5.73 Å². The van der Waals surface area contributed by atoms with Crippen molar-refractivity contribution < 1.29 is 0 Å². The quantitative estimate of drug-likeness (QED) is 0.923. The van der Waals surface area contributed by atoms with Gasteiger partial charge in [-0.3, -0.25) is 0 Å². The summed E-state index contributed by atoms with van der Waals surface area (Å²) >= 11 is 3.40. The van der Waals surface area contributed by atoms with Gasteiger partial charge in [-0.1, -0.05) is 35.0 Å². The number of nitrogens with zero attached hydrogens (tertiary/aromatic N) is 2. The number of halogens is 1. The second kappa shape index (κ2) is 4.84. The smallest absolute Gasteiger partial charge is 0.161 e. The zero-order chi connectivity index (χ0) is 12.4. The van der Waals surface area contributed by atoms with Crippen LogP contribution in [0.15, 0.2) is 28.7 Å². The average Bonchev–Trinajstić information content (AvgIpc) is 2.29. The van der Waals surface area contributed by atoms with Crippen LogP contribution in [-0.2, 0) is 6.42 Å². The third-order valence-electron chi connectivity index (χ3n) is 2.70. The highest BCUT2D eigenvalue weighted by atomic mass is 79.9. The molecule has 0 amide bonds. The standard InChI is InChI=1S/C13H14BrN3/c1-3-11-8(2)16-13(17-12(11)15)9-4-6-10(14)7-5-9/h4-7H,3H2,1-2H3,(H2,15,16,17). The lowest BCUT2D eigenvalue weighted by Gasteiger charge is -2.08. The van der Waals surface area contributed by atoms with Gasteiger partial charge in [0, 0.05) is 21.3 Å². The Hall–Kier alpha value is -1.42. The third-order valence-corrected chi connectivity index (χ3v) is 3.23. The van der Waals surface area contributed by atoms with E-state index in [0.717, 1.165) is 27.7 Å². The van der Waals surface area contributed by atoms with Gasteiger partial charge in [-0.2, -0.15) is 0 Å². The van der Waals surface area contributed by atoms with Crippen molar-refractivity contribution in [3.8, 4) is 11.4 Å². The van der Waals surface area contributed by atoms with Gasteiger partial charge in [-0.15, -0.1) is 0 Å². The highest BCUT2D eigenvalue weighted by molar-refractivity contribution is 9.10. The van der Waals surface area contributed by atoms with Gasteiger partial charge >= 0.3 is 0 Å². The molecular formula is C13H14BrN3. The molecular weight excluding hydrogens is 278 g/mol. The van der Waals surface area contributed by atoms with Crippen molar-refractivity contribution in [2.24, 2.45) is 0 Å². The molecule has 1 aromatic carbocycles. The van der Waals surface area contributed by atoms with E-state index in [2.05, 4.69) is 32.8 Å². The second-order valence-corrected chi connectivity index (χ2v) is 4.77. The molecule has 0 saturated carbocycles. The van der Waals surface area contributed by atoms with Crippen molar-refractivity contribution in [1.29, 1.82) is 0 Å². The maximum Gasteiger partial charge on any atom is 0.161 e. The lowest BCUT2D eigenvalue weighted by molar-refractivity contribution is 1.01. The van der Waals surface area contributed by atoms with Crippen molar-refractivity contribution in [2.45, 2.75) is 20.3 Å². The minimum Gasteiger partial charge on any atom is -0.383 e. The summed E-state index contributed by atoms with van der Waals surface area (Å²) in [6, 6.07) is 7.89. The molecule has 17 heavy (non-hydrogen) atoms. The molecule has 0 bridgehead atoms. The summed E-state index contributed by atoms with van der Waals surface area (Å²) < 4.78 is 1.04. The first kappa shape index (κ1) is 12.0. The maximum atomic E-state index is 5.94. The lowest BCUT2D eigenvalue weighted by atomic mass is 10.1. The Labute approximate surface area is 109 Å². The first-order valence-electron chi connectivity index (χ1n) is 5.50. The Morgan fingerprint density at radius 2 is 1.82 bits per heavy atom. The number of hydrogen-bond donors (Lipinski definition) is 1. The van der Waals surface area contributed by atoms with E-state index in [1.54, 1.807) is 0 Å². The van der Waals surface area contributed by atoms with Crippen LogP contribution in [-0.4, -0.2) is 9.97 Å². The predicted octanol–water partition coefficient (Wildman–Crippen LogP) is 3.36. The average molecular weight is 292 g/mol. The molecule has 0 aliphatic heterocycles. The van der Waals surface area contributed by atoms with E-state index < -0.39 is 0 Å². The minimum absolute atomic E-state index is 0.581. The number of anilines is 1. The highest BCUT2D eigenvalue weighted by Crippen LogP contribution is 2.22. The van der Waals surface area contributed by atoms with E-state index in [1.807, 2.05) is 31.2 Å². The van der Waals surface area contributed by atoms with Gasteiger partial charge < -0.3 is 5.73 Å². The van der Waals surface area contributed by atoms with Gasteiger partial charge in [0.1, 0.15) is 5.82 Å². The molecule has 88 valence electrons. The monoisotopic (exact) mass is 291 g/mol. The van der Waals surface area contributed by atoms with Gasteiger partial charge in [-0.25, -0.2) is 9.97 Å². The van der Waals surface area contributed by atoms with Gasteiger partial charge in [0.05, 0.1) is 0 Å². The van der Waals surface area contributed by atoms with Gasteiger partial charge in [0.15, 0.2) is 5.82 Å². The van der Waals surface area contributed by atoms with Crippen molar-refractivity contribution in [3.63, 3.8) is 0 Å². The van der Waals surface area contributed by atoms with Gasteiger partial charge in [-0.05, 0) is 25.5 Å². The second-order valence-electron chi connectivity index (χ2n) is 3.86. The molecule has 1 heterocycles. The van der Waals surface area contributed by atoms with Crippen LogP contribution in [0.4, 0.5) is 5.82 Å². The van der Waals surface area contributed by atoms with E-state index in [9.17, 15) is 0 Å². The largest absolute Gasteiger partial charge is 0.383 e. The summed E-state index contributed by atoms with van der Waals surface area (Å²) in [6.45, 7) is 4.03. The van der Waals surface area contributed by atoms with Crippen LogP contribution in [0.2, 0.25) is 0 Å². The Morgan fingerprint density at radius 1 is 1.18 bits per heavy atom. The van der Waals surface area contributed by atoms with Crippen LogP contribution in [0.25, 0.3) is 11.4 Å². The molecule has 0 aliphatic carbocycles. The molecule has 0 spiro atoms. The minimum atomic E-state index is 0.581. The predicted molar refractivity (Wildman–Crippen MR) is 73.7 cm³/mol. The molecule has 1 aromatic heterocycles. The molecule has 0 radical (unpaired) electrons. The fourth-order valence-electron chi connectivity index (χ4n) is 1.78. The molecule has 2 N–H and O–H groups in total. The molecule has 4 heteroatoms. The van der Waals surface area contributed by atoms with Gasteiger partial charge in [0.25, 0.3) is 0 Å². The van der Waals surface area contributed by atoms with Crippen molar-refractivity contribution in [1.82, 2.24) is 9.97 Å². The third kappa shape index (κ3) is 2.47. The topological polar surface area (TPSA) is 51.8 Å². The number of nitrogen functional groups attached to an aromatic ring is 1. The summed E-state index contributed by atoms with van der Waals surface area (Å²) in [5.74, 6) is 1.27. The summed E-state index contributed by atoms with van der Waals surface area (Å²) in [5.41, 5.74) is 8.91. The van der Waals surface area contributed by atoms with E-state index >= 15 is 0 Å². The first-order valence-corrected chi connectivity index (χ1v) is 6.30. The van der Waals surface area contributed by atoms with Crippen molar-refractivity contribution in [3.05, 3.63) is 40.0 Å². The number of benzene rings is 1. The summed E-state index contributed by atoms with van der Waals surface area (Å²) in [4.78, 5) is 8.85. The normalized spacial score (nSPS) is 10.5. The Morgan fingerprint density at radius 3 is 2.35 bits per heavy atom. The van der Waals surface area contributed by atoms with Crippen LogP contribution in [0.3, 0.4) is 0 Å². The fraction of sp³-hybridized carbons (Fsp3) is 0.231. The van der Waals surface area contributed by atoms with E-state index in [-0.39, 0.29) is 0 Å². The van der Waals surface area contributed by atoms with Crippen LogP contribution in [0.1, 0.15) is 18.2 Å². The van der Waals surface area contributed by atoms with Crippen LogP contribution in [0.5, 0.6) is 0 Å². The molecule has 0 aliphatic rings. The number of aromatic nitrogens is 2. The molecule has 3 nitrogen and oxygen atoms in total. The Bertz CT molecular complexity index is 512. The fourth-order valence-corrected chi connectivity index (χ4v) is 2.05. The van der Waals surface area contributed by atoms with Gasteiger partial charge in [0.2, 0.25) is 0 Å². The SMILES string of the molecule is CCc1c(C)nc(-c2ccc(Br)cc2)nc1N. The molecule has 2 rings (SSSR count). The molecule has 0 fully saturated rings. The summed E-state index contributed by atoms with van der Waals surface area (Å²) in [7, 11) is 0. The van der Waals surface area contributed by atoms with E-state index in [0.29, 0.717) is 11.6 Å². The zero-order valence-electron chi connectivity index (χ0n) is 9.87. The van der Waals surface area contributed by atoms with Crippen molar-refractivity contribution >= 4 is 21.7 Å². The van der Waals surface area contributed by atoms with Crippen molar-refractivity contribution in [2.75, 3.05) is 5.73 Å². The highest BCUT2D eigenvalue weighted by Gasteiger charge is 2.08. The molecule has 2 aromatic rings.